The lowest BCUT2D eigenvalue weighted by Gasteiger charge is -2.07. The van der Waals surface area contributed by atoms with Gasteiger partial charge in [0.2, 0.25) is 5.91 Å². The highest BCUT2D eigenvalue weighted by Crippen LogP contribution is 2.22. The third-order valence-electron chi connectivity index (χ3n) is 3.86. The van der Waals surface area contributed by atoms with Crippen molar-refractivity contribution in [3.8, 4) is 0 Å². The number of carbonyl (C=O) groups excluding carboxylic acids is 2. The van der Waals surface area contributed by atoms with Crippen LogP contribution in [0.15, 0.2) is 48.7 Å². The normalized spacial score (nSPS) is 10.8. The van der Waals surface area contributed by atoms with E-state index in [9.17, 15) is 9.59 Å². The topological polar surface area (TPSA) is 59.1 Å². The molecule has 1 amide bonds. The molecule has 0 spiro atoms. The van der Waals surface area contributed by atoms with E-state index in [0.29, 0.717) is 22.2 Å². The van der Waals surface area contributed by atoms with Gasteiger partial charge in [0.1, 0.15) is 0 Å². The number of para-hydroxylation sites is 1. The van der Waals surface area contributed by atoms with Crippen LogP contribution in [0.5, 0.6) is 0 Å². The quantitative estimate of drug-likeness (QED) is 0.630. The number of aromatic nitrogens is 1. The van der Waals surface area contributed by atoms with Crippen molar-refractivity contribution < 1.29 is 9.59 Å². The van der Waals surface area contributed by atoms with Gasteiger partial charge in [-0.3, -0.25) is 14.6 Å². The predicted octanol–water partition coefficient (Wildman–Crippen LogP) is 4.27. The summed E-state index contributed by atoms with van der Waals surface area (Å²) < 4.78 is 0.580. The summed E-state index contributed by atoms with van der Waals surface area (Å²) >= 11 is 7.06. The molecule has 0 saturated heterocycles. The monoisotopic (exact) mass is 372 g/mol. The van der Waals surface area contributed by atoms with Crippen LogP contribution in [-0.4, -0.2) is 23.2 Å². The highest BCUT2D eigenvalue weighted by Gasteiger charge is 2.11. The van der Waals surface area contributed by atoms with E-state index in [1.54, 1.807) is 18.3 Å². The minimum absolute atomic E-state index is 0.0506. The number of halogens is 1. The summed E-state index contributed by atoms with van der Waals surface area (Å²) in [5.74, 6) is -0.172. The van der Waals surface area contributed by atoms with E-state index in [-0.39, 0.29) is 24.5 Å². The molecule has 25 heavy (non-hydrogen) atoms. The maximum atomic E-state index is 12.0. The van der Waals surface area contributed by atoms with Crippen LogP contribution in [0.25, 0.3) is 10.9 Å². The number of thiophene rings is 1. The van der Waals surface area contributed by atoms with Crippen LogP contribution in [0.4, 0.5) is 0 Å². The molecule has 0 atom stereocenters. The maximum Gasteiger partial charge on any atom is 0.220 e. The van der Waals surface area contributed by atoms with Gasteiger partial charge < -0.3 is 5.32 Å². The van der Waals surface area contributed by atoms with Gasteiger partial charge in [0.15, 0.2) is 5.78 Å². The Morgan fingerprint density at radius 1 is 1.08 bits per heavy atom. The molecule has 0 unspecified atom stereocenters. The first kappa shape index (κ1) is 17.6. The van der Waals surface area contributed by atoms with Crippen LogP contribution in [0.3, 0.4) is 0 Å². The highest BCUT2D eigenvalue weighted by atomic mass is 35.5. The number of nitrogens with one attached hydrogen (secondary N) is 1. The second-order valence-corrected chi connectivity index (χ2v) is 7.33. The molecule has 0 radical (unpaired) electrons. The van der Waals surface area contributed by atoms with Crippen LogP contribution in [0.2, 0.25) is 4.34 Å². The van der Waals surface area contributed by atoms with Crippen molar-refractivity contribution in [1.82, 2.24) is 10.3 Å². The fourth-order valence-electron chi connectivity index (χ4n) is 2.61. The number of benzene rings is 1. The Morgan fingerprint density at radius 2 is 1.92 bits per heavy atom. The summed E-state index contributed by atoms with van der Waals surface area (Å²) in [6, 6.07) is 13.3. The van der Waals surface area contributed by atoms with Crippen molar-refractivity contribution in [2.75, 3.05) is 6.54 Å². The average Bonchev–Trinajstić information content (AvgIpc) is 3.06. The maximum absolute atomic E-state index is 12.0. The van der Waals surface area contributed by atoms with Gasteiger partial charge in [-0.15, -0.1) is 11.3 Å². The predicted molar refractivity (Wildman–Crippen MR) is 101 cm³/mol. The zero-order valence-corrected chi connectivity index (χ0v) is 15.1. The number of Topliss-reactive ketones (excluding diaryl/α,β-unsaturated/α-hetero) is 1. The van der Waals surface area contributed by atoms with Crippen molar-refractivity contribution in [1.29, 1.82) is 0 Å². The molecule has 0 aliphatic rings. The zero-order chi connectivity index (χ0) is 17.6. The summed E-state index contributed by atoms with van der Waals surface area (Å²) in [5, 5.41) is 3.96. The Hall–Kier alpha value is -2.24. The SMILES string of the molecule is O=C(CCC(=O)c1ccc(Cl)s1)NCCc1cccc2cccnc12. The summed E-state index contributed by atoms with van der Waals surface area (Å²) in [4.78, 5) is 28.9. The molecule has 0 aliphatic heterocycles. The Bertz CT molecular complexity index is 902. The Balaban J connectivity index is 1.47. The fraction of sp³-hybridized carbons (Fsp3) is 0.211. The smallest absolute Gasteiger partial charge is 0.220 e. The molecule has 3 aromatic rings. The van der Waals surface area contributed by atoms with Crippen molar-refractivity contribution in [2.45, 2.75) is 19.3 Å². The van der Waals surface area contributed by atoms with Crippen LogP contribution in [-0.2, 0) is 11.2 Å². The number of hydrogen-bond donors (Lipinski definition) is 1. The summed E-state index contributed by atoms with van der Waals surface area (Å²) in [5.41, 5.74) is 2.06. The average molecular weight is 373 g/mol. The molecule has 4 nitrogen and oxygen atoms in total. The molecule has 0 bridgehead atoms. The van der Waals surface area contributed by atoms with Crippen LogP contribution < -0.4 is 5.32 Å². The van der Waals surface area contributed by atoms with E-state index in [4.69, 9.17) is 11.6 Å². The fourth-order valence-corrected chi connectivity index (χ4v) is 3.62. The van der Waals surface area contributed by atoms with Crippen LogP contribution in [0.1, 0.15) is 28.1 Å². The number of carbonyl (C=O) groups is 2. The molecular weight excluding hydrogens is 356 g/mol. The van der Waals surface area contributed by atoms with E-state index >= 15 is 0 Å². The lowest BCUT2D eigenvalue weighted by molar-refractivity contribution is -0.121. The van der Waals surface area contributed by atoms with Gasteiger partial charge in [0, 0.05) is 31.0 Å². The van der Waals surface area contributed by atoms with Crippen molar-refractivity contribution in [3.05, 3.63) is 63.4 Å². The summed E-state index contributed by atoms with van der Waals surface area (Å²) in [6.07, 6.45) is 2.85. The molecule has 1 N–H and O–H groups in total. The van der Waals surface area contributed by atoms with Gasteiger partial charge in [-0.05, 0) is 30.2 Å². The first-order valence-electron chi connectivity index (χ1n) is 8.01. The van der Waals surface area contributed by atoms with E-state index in [2.05, 4.69) is 10.3 Å². The summed E-state index contributed by atoms with van der Waals surface area (Å²) in [6.45, 7) is 0.521. The number of fused-ring (bicyclic) bond motifs is 1. The minimum Gasteiger partial charge on any atom is -0.356 e. The molecule has 128 valence electrons. The second-order valence-electron chi connectivity index (χ2n) is 5.62. The van der Waals surface area contributed by atoms with E-state index in [0.717, 1.165) is 16.5 Å². The molecule has 2 heterocycles. The zero-order valence-electron chi connectivity index (χ0n) is 13.5. The first-order chi connectivity index (χ1) is 12.1. The second kappa shape index (κ2) is 8.23. The lowest BCUT2D eigenvalue weighted by Crippen LogP contribution is -2.26. The molecular formula is C19H17ClN2O2S. The highest BCUT2D eigenvalue weighted by molar-refractivity contribution is 7.18. The van der Waals surface area contributed by atoms with Crippen molar-refractivity contribution >= 4 is 45.5 Å². The van der Waals surface area contributed by atoms with Gasteiger partial charge in [-0.2, -0.15) is 0 Å². The Morgan fingerprint density at radius 3 is 2.72 bits per heavy atom. The summed E-state index contributed by atoms with van der Waals surface area (Å²) in [7, 11) is 0. The number of hydrogen-bond acceptors (Lipinski definition) is 4. The molecule has 0 aliphatic carbocycles. The third-order valence-corrected chi connectivity index (χ3v) is 5.13. The van der Waals surface area contributed by atoms with E-state index < -0.39 is 0 Å². The molecule has 0 saturated carbocycles. The first-order valence-corrected chi connectivity index (χ1v) is 9.21. The van der Waals surface area contributed by atoms with Crippen LogP contribution in [0, 0.1) is 0 Å². The van der Waals surface area contributed by atoms with Gasteiger partial charge in [-0.25, -0.2) is 0 Å². The molecule has 1 aromatic carbocycles. The largest absolute Gasteiger partial charge is 0.356 e. The minimum atomic E-state index is -0.121. The van der Waals surface area contributed by atoms with Crippen molar-refractivity contribution in [3.63, 3.8) is 0 Å². The Kier molecular flexibility index (Phi) is 5.79. The molecule has 0 fully saturated rings. The number of nitrogens with zero attached hydrogens (tertiary/aromatic N) is 1. The van der Waals surface area contributed by atoms with Gasteiger partial charge in [0.05, 0.1) is 14.7 Å². The van der Waals surface area contributed by atoms with Crippen molar-refractivity contribution in [2.24, 2.45) is 0 Å². The van der Waals surface area contributed by atoms with E-state index in [1.807, 2.05) is 30.3 Å². The molecule has 2 aromatic heterocycles. The number of rotatable bonds is 7. The number of pyridine rings is 1. The Labute approximate surface area is 154 Å². The molecule has 3 rings (SSSR count). The van der Waals surface area contributed by atoms with Gasteiger partial charge in [-0.1, -0.05) is 35.9 Å². The van der Waals surface area contributed by atoms with Gasteiger partial charge in [0.25, 0.3) is 0 Å². The lowest BCUT2D eigenvalue weighted by atomic mass is 10.1. The third kappa shape index (κ3) is 4.65. The number of amides is 1. The number of ketones is 1. The van der Waals surface area contributed by atoms with Gasteiger partial charge >= 0.3 is 0 Å². The van der Waals surface area contributed by atoms with Crippen LogP contribution >= 0.6 is 22.9 Å². The standard InChI is InChI=1S/C19H17ClN2O2S/c20-17-8-7-16(25-17)15(23)6-9-18(24)21-12-10-14-4-1-3-13-5-2-11-22-19(13)14/h1-5,7-8,11H,6,9-10,12H2,(H,21,24). The van der Waals surface area contributed by atoms with E-state index in [1.165, 1.54) is 11.3 Å². The molecule has 6 heteroatoms.